The molecule has 0 radical (unpaired) electrons. The van der Waals surface area contributed by atoms with Crippen LogP contribution in [0.5, 0.6) is 0 Å². The highest BCUT2D eigenvalue weighted by atomic mass is 16.3. The van der Waals surface area contributed by atoms with Crippen LogP contribution in [0, 0.1) is 0 Å². The summed E-state index contributed by atoms with van der Waals surface area (Å²) in [5, 5.41) is 22.8. The average molecular weight is 289 g/mol. The van der Waals surface area contributed by atoms with Gasteiger partial charge in [0.25, 0.3) is 0 Å². The molecule has 0 aliphatic heterocycles. The summed E-state index contributed by atoms with van der Waals surface area (Å²) in [7, 11) is 0. The minimum absolute atomic E-state index is 0.0374. The third-order valence-electron chi connectivity index (χ3n) is 3.21. The van der Waals surface area contributed by atoms with Crippen LogP contribution >= 0.6 is 0 Å². The van der Waals surface area contributed by atoms with Crippen LogP contribution in [-0.2, 0) is 11.2 Å². The predicted molar refractivity (Wildman–Crippen MR) is 76.3 cm³/mol. The van der Waals surface area contributed by atoms with Gasteiger partial charge in [-0.05, 0) is 29.3 Å². The first kappa shape index (κ1) is 15.1. The molecule has 7 nitrogen and oxygen atoms in total. The molecule has 1 amide bonds. The molecular formula is C14H19N5O2. The van der Waals surface area contributed by atoms with E-state index in [4.69, 9.17) is 5.11 Å². The van der Waals surface area contributed by atoms with Crippen molar-refractivity contribution in [2.45, 2.75) is 31.8 Å². The maximum absolute atomic E-state index is 12.4. The molecule has 112 valence electrons. The third-order valence-corrected chi connectivity index (χ3v) is 3.21. The summed E-state index contributed by atoms with van der Waals surface area (Å²) in [6, 6.07) is 9.10. The molecule has 2 unspecified atom stereocenters. The van der Waals surface area contributed by atoms with E-state index in [0.29, 0.717) is 12.8 Å². The molecular weight excluding hydrogens is 270 g/mol. The number of hydrogen-bond acceptors (Lipinski definition) is 5. The van der Waals surface area contributed by atoms with Crippen LogP contribution in [-0.4, -0.2) is 43.9 Å². The van der Waals surface area contributed by atoms with E-state index < -0.39 is 6.04 Å². The number of nitrogens with one attached hydrogen (secondary N) is 1. The number of carbonyl (C=O) groups is 1. The predicted octanol–water partition coefficient (Wildman–Crippen LogP) is 0.344. The molecule has 1 aromatic heterocycles. The monoisotopic (exact) mass is 289 g/mol. The first-order valence-corrected chi connectivity index (χ1v) is 6.88. The Morgan fingerprint density at radius 2 is 2.14 bits per heavy atom. The van der Waals surface area contributed by atoms with Gasteiger partial charge in [0.2, 0.25) is 5.91 Å². The number of amides is 1. The first-order valence-electron chi connectivity index (χ1n) is 6.88. The molecule has 0 aliphatic rings. The summed E-state index contributed by atoms with van der Waals surface area (Å²) in [5.41, 5.74) is 1.03. The summed E-state index contributed by atoms with van der Waals surface area (Å²) in [4.78, 5) is 12.4. The van der Waals surface area contributed by atoms with Crippen molar-refractivity contribution in [3.05, 3.63) is 42.2 Å². The van der Waals surface area contributed by atoms with Crippen LogP contribution in [0.3, 0.4) is 0 Å². The number of tetrazole rings is 1. The number of hydrogen-bond donors (Lipinski definition) is 2. The number of carbonyl (C=O) groups excluding carboxylic acids is 1. The van der Waals surface area contributed by atoms with Crippen molar-refractivity contribution < 1.29 is 9.90 Å². The maximum Gasteiger partial charge on any atom is 0.245 e. The summed E-state index contributed by atoms with van der Waals surface area (Å²) in [6.07, 6.45) is 2.45. The van der Waals surface area contributed by atoms with Gasteiger partial charge in [0.1, 0.15) is 12.4 Å². The van der Waals surface area contributed by atoms with E-state index in [1.54, 1.807) is 0 Å². The van der Waals surface area contributed by atoms with Gasteiger partial charge in [0, 0.05) is 19.1 Å². The van der Waals surface area contributed by atoms with Crippen LogP contribution in [0.25, 0.3) is 0 Å². The molecule has 2 N–H and O–H groups in total. The van der Waals surface area contributed by atoms with E-state index in [1.807, 2.05) is 37.3 Å². The molecule has 2 atom stereocenters. The van der Waals surface area contributed by atoms with E-state index in [1.165, 1.54) is 11.0 Å². The topological polar surface area (TPSA) is 92.9 Å². The second kappa shape index (κ2) is 7.49. The molecule has 1 heterocycles. The van der Waals surface area contributed by atoms with Gasteiger partial charge < -0.3 is 10.4 Å². The quantitative estimate of drug-likeness (QED) is 0.767. The summed E-state index contributed by atoms with van der Waals surface area (Å²) >= 11 is 0. The van der Waals surface area contributed by atoms with Crippen LogP contribution in [0.4, 0.5) is 0 Å². The maximum atomic E-state index is 12.4. The molecule has 0 bridgehead atoms. The molecule has 2 rings (SSSR count). The second-order valence-electron chi connectivity index (χ2n) is 4.92. The van der Waals surface area contributed by atoms with Crippen molar-refractivity contribution in [3.63, 3.8) is 0 Å². The SMILES string of the molecule is CC(CCO)NC(=O)C(Cc1ccccc1)n1cnnn1. The minimum atomic E-state index is -0.511. The number of aromatic nitrogens is 4. The average Bonchev–Trinajstić information content (AvgIpc) is 3.00. The van der Waals surface area contributed by atoms with Gasteiger partial charge in [0.15, 0.2) is 0 Å². The zero-order valence-electron chi connectivity index (χ0n) is 11.9. The number of aliphatic hydroxyl groups is 1. The van der Waals surface area contributed by atoms with Crippen molar-refractivity contribution in [2.75, 3.05) is 6.61 Å². The Morgan fingerprint density at radius 3 is 2.76 bits per heavy atom. The van der Waals surface area contributed by atoms with E-state index in [-0.39, 0.29) is 18.6 Å². The molecule has 7 heteroatoms. The lowest BCUT2D eigenvalue weighted by Gasteiger charge is -2.19. The lowest BCUT2D eigenvalue weighted by Crippen LogP contribution is -2.39. The van der Waals surface area contributed by atoms with E-state index in [2.05, 4.69) is 20.8 Å². The van der Waals surface area contributed by atoms with Crippen molar-refractivity contribution in [1.29, 1.82) is 0 Å². The minimum Gasteiger partial charge on any atom is -0.396 e. The van der Waals surface area contributed by atoms with Gasteiger partial charge in [-0.3, -0.25) is 4.79 Å². The zero-order valence-corrected chi connectivity index (χ0v) is 11.9. The molecule has 0 fully saturated rings. The number of rotatable bonds is 7. The largest absolute Gasteiger partial charge is 0.396 e. The molecule has 0 saturated heterocycles. The van der Waals surface area contributed by atoms with Gasteiger partial charge in [-0.2, -0.15) is 0 Å². The molecule has 21 heavy (non-hydrogen) atoms. The number of benzene rings is 1. The van der Waals surface area contributed by atoms with Gasteiger partial charge in [-0.1, -0.05) is 30.3 Å². The number of aliphatic hydroxyl groups excluding tert-OH is 1. The van der Waals surface area contributed by atoms with E-state index in [9.17, 15) is 4.79 Å². The van der Waals surface area contributed by atoms with Gasteiger partial charge in [-0.25, -0.2) is 4.68 Å². The van der Waals surface area contributed by atoms with Gasteiger partial charge >= 0.3 is 0 Å². The van der Waals surface area contributed by atoms with Crippen molar-refractivity contribution in [2.24, 2.45) is 0 Å². The zero-order chi connectivity index (χ0) is 15.1. The highest BCUT2D eigenvalue weighted by Gasteiger charge is 2.23. The van der Waals surface area contributed by atoms with Crippen molar-refractivity contribution in [1.82, 2.24) is 25.5 Å². The van der Waals surface area contributed by atoms with Crippen molar-refractivity contribution >= 4 is 5.91 Å². The fourth-order valence-corrected chi connectivity index (χ4v) is 2.06. The van der Waals surface area contributed by atoms with Crippen LogP contribution in [0.1, 0.15) is 24.9 Å². The smallest absolute Gasteiger partial charge is 0.245 e. The molecule has 2 aromatic rings. The molecule has 0 aliphatic carbocycles. The Labute approximate surface area is 123 Å². The molecule has 1 aromatic carbocycles. The highest BCUT2D eigenvalue weighted by Crippen LogP contribution is 2.13. The first-order chi connectivity index (χ1) is 10.2. The summed E-state index contributed by atoms with van der Waals surface area (Å²) in [6.45, 7) is 1.89. The molecule has 0 spiro atoms. The normalized spacial score (nSPS) is 13.6. The lowest BCUT2D eigenvalue weighted by molar-refractivity contribution is -0.125. The fourth-order valence-electron chi connectivity index (χ4n) is 2.06. The van der Waals surface area contributed by atoms with Crippen molar-refractivity contribution in [3.8, 4) is 0 Å². The molecule has 0 saturated carbocycles. The Hall–Kier alpha value is -2.28. The van der Waals surface area contributed by atoms with E-state index >= 15 is 0 Å². The second-order valence-corrected chi connectivity index (χ2v) is 4.92. The van der Waals surface area contributed by atoms with Crippen LogP contribution in [0.15, 0.2) is 36.7 Å². The Morgan fingerprint density at radius 1 is 1.38 bits per heavy atom. The van der Waals surface area contributed by atoms with Gasteiger partial charge in [-0.15, -0.1) is 5.10 Å². The third kappa shape index (κ3) is 4.35. The van der Waals surface area contributed by atoms with Crippen LogP contribution < -0.4 is 5.32 Å². The highest BCUT2D eigenvalue weighted by molar-refractivity contribution is 5.80. The standard InChI is InChI=1S/C14H19N5O2/c1-11(7-8-20)16-14(21)13(19-10-15-17-18-19)9-12-5-3-2-4-6-12/h2-6,10-11,13,20H,7-9H2,1H3,(H,16,21). The summed E-state index contributed by atoms with van der Waals surface area (Å²) < 4.78 is 1.45. The Bertz CT molecular complexity index is 544. The Kier molecular flexibility index (Phi) is 5.39. The number of nitrogens with zero attached hydrogens (tertiary/aromatic N) is 4. The fraction of sp³-hybridized carbons (Fsp3) is 0.429. The Balaban J connectivity index is 2.11. The van der Waals surface area contributed by atoms with E-state index in [0.717, 1.165) is 5.56 Å². The lowest BCUT2D eigenvalue weighted by atomic mass is 10.0. The van der Waals surface area contributed by atoms with Gasteiger partial charge in [0.05, 0.1) is 0 Å². The summed E-state index contributed by atoms with van der Waals surface area (Å²) in [5.74, 6) is -0.160. The van der Waals surface area contributed by atoms with Crippen LogP contribution in [0.2, 0.25) is 0 Å².